The third kappa shape index (κ3) is 3.88. The van der Waals surface area contributed by atoms with E-state index in [-0.39, 0.29) is 16.7 Å². The number of rotatable bonds is 5. The van der Waals surface area contributed by atoms with Gasteiger partial charge in [-0.15, -0.1) is 11.3 Å². The van der Waals surface area contributed by atoms with Gasteiger partial charge in [0.15, 0.2) is 11.3 Å². The molecule has 0 saturated carbocycles. The minimum Gasteiger partial charge on any atom is -0.493 e. The number of methoxy groups -OCH3 is 2. The van der Waals surface area contributed by atoms with Crippen LogP contribution >= 0.6 is 11.3 Å². The second-order valence-electron chi connectivity index (χ2n) is 7.03. The van der Waals surface area contributed by atoms with Crippen molar-refractivity contribution in [2.24, 2.45) is 0 Å². The second kappa shape index (κ2) is 8.68. The van der Waals surface area contributed by atoms with E-state index in [9.17, 15) is 9.59 Å². The monoisotopic (exact) mass is 448 g/mol. The van der Waals surface area contributed by atoms with Gasteiger partial charge in [-0.1, -0.05) is 42.0 Å². The molecule has 0 aliphatic rings. The Hall–Kier alpha value is -3.91. The standard InChI is InChI=1S/C24H20N2O5S/c1-13-7-9-14(10-8-13)17-12-32-23(19(17)24(28)30-3)26-22(27)16-11-15-5-4-6-18(29-2)20(15)31-21(16)25/h4-12,25H,1-3H3,(H,26,27). The smallest absolute Gasteiger partial charge is 0.341 e. The zero-order valence-corrected chi connectivity index (χ0v) is 18.5. The number of benzene rings is 2. The van der Waals surface area contributed by atoms with Crippen molar-refractivity contribution < 1.29 is 23.5 Å². The molecule has 2 aromatic carbocycles. The van der Waals surface area contributed by atoms with Gasteiger partial charge in [-0.3, -0.25) is 10.2 Å². The van der Waals surface area contributed by atoms with Crippen LogP contribution in [0.4, 0.5) is 5.00 Å². The van der Waals surface area contributed by atoms with Crippen molar-refractivity contribution in [2.45, 2.75) is 6.92 Å². The van der Waals surface area contributed by atoms with E-state index in [2.05, 4.69) is 5.32 Å². The molecule has 4 rings (SSSR count). The molecule has 32 heavy (non-hydrogen) atoms. The Bertz CT molecular complexity index is 1390. The van der Waals surface area contributed by atoms with E-state index in [0.717, 1.165) is 11.1 Å². The first-order valence-corrected chi connectivity index (χ1v) is 10.5. The topological polar surface area (TPSA) is 102 Å². The van der Waals surface area contributed by atoms with Crippen molar-refractivity contribution in [3.05, 3.63) is 76.2 Å². The van der Waals surface area contributed by atoms with E-state index in [1.807, 2.05) is 31.2 Å². The molecule has 1 amide bonds. The molecule has 162 valence electrons. The van der Waals surface area contributed by atoms with Crippen molar-refractivity contribution in [1.29, 1.82) is 5.41 Å². The van der Waals surface area contributed by atoms with Gasteiger partial charge < -0.3 is 19.2 Å². The van der Waals surface area contributed by atoms with E-state index < -0.39 is 11.9 Å². The summed E-state index contributed by atoms with van der Waals surface area (Å²) in [6.45, 7) is 1.98. The number of para-hydroxylation sites is 1. The highest BCUT2D eigenvalue weighted by Crippen LogP contribution is 2.36. The fourth-order valence-electron chi connectivity index (χ4n) is 3.33. The third-order valence-corrected chi connectivity index (χ3v) is 5.89. The lowest BCUT2D eigenvalue weighted by molar-refractivity contribution is 0.0603. The minimum absolute atomic E-state index is 0.0341. The molecule has 4 aromatic rings. The number of anilines is 1. The van der Waals surface area contributed by atoms with E-state index in [1.54, 1.807) is 29.6 Å². The Morgan fingerprint density at radius 2 is 1.84 bits per heavy atom. The summed E-state index contributed by atoms with van der Waals surface area (Å²) in [7, 11) is 2.80. The van der Waals surface area contributed by atoms with Gasteiger partial charge in [-0.25, -0.2) is 4.79 Å². The summed E-state index contributed by atoms with van der Waals surface area (Å²) in [5, 5.41) is 13.7. The number of hydrogen-bond acceptors (Lipinski definition) is 7. The highest BCUT2D eigenvalue weighted by Gasteiger charge is 2.23. The summed E-state index contributed by atoms with van der Waals surface area (Å²) in [5.74, 6) is -0.654. The number of fused-ring (bicyclic) bond motifs is 1. The van der Waals surface area contributed by atoms with Crippen LogP contribution in [-0.4, -0.2) is 26.1 Å². The van der Waals surface area contributed by atoms with Crippen molar-refractivity contribution in [3.8, 4) is 16.9 Å². The number of hydrogen-bond donors (Lipinski definition) is 2. The molecular formula is C24H20N2O5S. The summed E-state index contributed by atoms with van der Waals surface area (Å²) < 4.78 is 15.8. The van der Waals surface area contributed by atoms with Gasteiger partial charge in [-0.2, -0.15) is 0 Å². The molecular weight excluding hydrogens is 428 g/mol. The van der Waals surface area contributed by atoms with Crippen molar-refractivity contribution in [1.82, 2.24) is 0 Å². The Morgan fingerprint density at radius 3 is 2.53 bits per heavy atom. The lowest BCUT2D eigenvalue weighted by Gasteiger charge is -2.09. The summed E-state index contributed by atoms with van der Waals surface area (Å²) in [4.78, 5) is 25.6. The largest absolute Gasteiger partial charge is 0.493 e. The first-order chi connectivity index (χ1) is 15.4. The number of ether oxygens (including phenoxy) is 2. The molecule has 0 aliphatic heterocycles. The van der Waals surface area contributed by atoms with Gasteiger partial charge >= 0.3 is 5.97 Å². The zero-order valence-electron chi connectivity index (χ0n) is 17.6. The number of aryl methyl sites for hydroxylation is 1. The lowest BCUT2D eigenvalue weighted by Crippen LogP contribution is -2.21. The summed E-state index contributed by atoms with van der Waals surface area (Å²) in [6.07, 6.45) is 0. The highest BCUT2D eigenvalue weighted by atomic mass is 32.1. The summed E-state index contributed by atoms with van der Waals surface area (Å²) >= 11 is 1.21. The Balaban J connectivity index is 1.74. The van der Waals surface area contributed by atoms with Crippen LogP contribution in [0.3, 0.4) is 0 Å². The van der Waals surface area contributed by atoms with Crippen LogP contribution in [0.1, 0.15) is 26.3 Å². The molecule has 7 nitrogen and oxygen atoms in total. The number of nitrogens with one attached hydrogen (secondary N) is 2. The normalized spacial score (nSPS) is 10.7. The van der Waals surface area contributed by atoms with Crippen LogP contribution in [0.2, 0.25) is 0 Å². The van der Waals surface area contributed by atoms with Crippen LogP contribution in [0, 0.1) is 12.3 Å². The predicted octanol–water partition coefficient (Wildman–Crippen LogP) is 5.00. The Kier molecular flexibility index (Phi) is 5.79. The van der Waals surface area contributed by atoms with Gasteiger partial charge in [0.1, 0.15) is 16.1 Å². The van der Waals surface area contributed by atoms with E-state index >= 15 is 0 Å². The van der Waals surface area contributed by atoms with Crippen LogP contribution in [0.25, 0.3) is 22.1 Å². The van der Waals surface area contributed by atoms with Crippen LogP contribution in [-0.2, 0) is 4.74 Å². The predicted molar refractivity (Wildman–Crippen MR) is 122 cm³/mol. The number of amides is 1. The van der Waals surface area contributed by atoms with E-state index in [4.69, 9.17) is 19.3 Å². The Morgan fingerprint density at radius 1 is 1.09 bits per heavy atom. The molecule has 2 N–H and O–H groups in total. The first-order valence-electron chi connectivity index (χ1n) is 9.66. The fraction of sp³-hybridized carbons (Fsp3) is 0.125. The minimum atomic E-state index is -0.564. The fourth-order valence-corrected chi connectivity index (χ4v) is 4.29. The molecule has 2 aromatic heterocycles. The maximum atomic E-state index is 13.0. The van der Waals surface area contributed by atoms with Crippen LogP contribution in [0.5, 0.6) is 5.75 Å². The molecule has 0 fully saturated rings. The molecule has 0 aliphatic carbocycles. The molecule has 0 spiro atoms. The maximum Gasteiger partial charge on any atom is 0.341 e. The number of carbonyl (C=O) groups is 2. The quantitative estimate of drug-likeness (QED) is 0.419. The number of carbonyl (C=O) groups excluding carboxylic acids is 2. The SMILES string of the molecule is COC(=O)c1c(-c2ccc(C)cc2)csc1NC(=O)c1cc2cccc(OC)c2oc1=N. The average molecular weight is 449 g/mol. The molecule has 0 bridgehead atoms. The van der Waals surface area contributed by atoms with Crippen molar-refractivity contribution in [2.75, 3.05) is 19.5 Å². The molecule has 0 saturated heterocycles. The summed E-state index contributed by atoms with van der Waals surface area (Å²) in [5.41, 5.74) is 2.96. The van der Waals surface area contributed by atoms with E-state index in [0.29, 0.717) is 27.3 Å². The van der Waals surface area contributed by atoms with Crippen LogP contribution in [0.15, 0.2) is 58.3 Å². The van der Waals surface area contributed by atoms with Crippen molar-refractivity contribution in [3.63, 3.8) is 0 Å². The third-order valence-electron chi connectivity index (χ3n) is 4.99. The molecule has 0 atom stereocenters. The van der Waals surface area contributed by atoms with Gasteiger partial charge in [-0.05, 0) is 24.6 Å². The molecule has 2 heterocycles. The van der Waals surface area contributed by atoms with Gasteiger partial charge in [0, 0.05) is 16.3 Å². The van der Waals surface area contributed by atoms with Crippen molar-refractivity contribution >= 4 is 39.2 Å². The summed E-state index contributed by atoms with van der Waals surface area (Å²) in [6, 6.07) is 14.5. The van der Waals surface area contributed by atoms with Gasteiger partial charge in [0.05, 0.1) is 14.2 Å². The van der Waals surface area contributed by atoms with Crippen LogP contribution < -0.4 is 15.6 Å². The van der Waals surface area contributed by atoms with Gasteiger partial charge in [0.2, 0.25) is 5.55 Å². The average Bonchev–Trinajstić information content (AvgIpc) is 3.21. The molecule has 0 radical (unpaired) electrons. The second-order valence-corrected chi connectivity index (χ2v) is 7.91. The molecule has 8 heteroatoms. The molecule has 0 unspecified atom stereocenters. The lowest BCUT2D eigenvalue weighted by atomic mass is 10.0. The first kappa shape index (κ1) is 21.3. The number of thiophene rings is 1. The highest BCUT2D eigenvalue weighted by molar-refractivity contribution is 7.15. The number of esters is 1. The van der Waals surface area contributed by atoms with E-state index in [1.165, 1.54) is 25.6 Å². The Labute approximate surface area is 187 Å². The van der Waals surface area contributed by atoms with Gasteiger partial charge in [0.25, 0.3) is 5.91 Å². The zero-order chi connectivity index (χ0) is 22.8. The maximum absolute atomic E-state index is 13.0.